The zero-order valence-corrected chi connectivity index (χ0v) is 15.5. The average Bonchev–Trinajstić information content (AvgIpc) is 2.60. The van der Waals surface area contributed by atoms with Crippen LogP contribution in [-0.4, -0.2) is 12.2 Å². The first-order valence-electron chi connectivity index (χ1n) is 8.53. The molecule has 4 nitrogen and oxygen atoms in total. The Morgan fingerprint density at radius 1 is 0.692 bits per heavy atom. The highest BCUT2D eigenvalue weighted by Gasteiger charge is 2.13. The Bertz CT molecular complexity index is 778. The van der Waals surface area contributed by atoms with Gasteiger partial charge in [0, 0.05) is 5.57 Å². The van der Waals surface area contributed by atoms with E-state index in [0.717, 1.165) is 22.6 Å². The molecule has 2 rings (SSSR count). The predicted molar refractivity (Wildman–Crippen MR) is 102 cm³/mol. The monoisotopic (exact) mass is 346 g/mol. The smallest absolute Gasteiger partial charge is 0.138 e. The maximum atomic E-state index is 9.39. The Balaban J connectivity index is 2.44. The molecular formula is C22H22N2O2. The van der Waals surface area contributed by atoms with Gasteiger partial charge in [-0.2, -0.15) is 10.5 Å². The van der Waals surface area contributed by atoms with Gasteiger partial charge < -0.3 is 9.47 Å². The van der Waals surface area contributed by atoms with Gasteiger partial charge in [-0.05, 0) is 63.1 Å². The number of hydrogen-bond acceptors (Lipinski definition) is 4. The molecule has 0 aliphatic heterocycles. The first-order chi connectivity index (χ1) is 12.4. The van der Waals surface area contributed by atoms with Crippen molar-refractivity contribution in [3.05, 3.63) is 65.2 Å². The lowest BCUT2D eigenvalue weighted by Gasteiger charge is -2.13. The van der Waals surface area contributed by atoms with Crippen LogP contribution in [0.1, 0.15) is 38.8 Å². The van der Waals surface area contributed by atoms with Crippen molar-refractivity contribution in [2.24, 2.45) is 0 Å². The molecule has 0 atom stereocenters. The standard InChI is InChI=1S/C22H22N2O2/c1-15(2)25-20-9-5-17(6-10-20)22(19(13-23)14-24)18-7-11-21(12-8-18)26-16(3)4/h5-12,15-16H,1-4H3. The summed E-state index contributed by atoms with van der Waals surface area (Å²) in [5.41, 5.74) is 2.25. The van der Waals surface area contributed by atoms with Crippen LogP contribution in [0.25, 0.3) is 5.57 Å². The van der Waals surface area contributed by atoms with E-state index in [0.29, 0.717) is 5.57 Å². The maximum Gasteiger partial charge on any atom is 0.138 e. The van der Waals surface area contributed by atoms with Gasteiger partial charge in [0.05, 0.1) is 12.2 Å². The van der Waals surface area contributed by atoms with E-state index in [4.69, 9.17) is 9.47 Å². The van der Waals surface area contributed by atoms with Crippen molar-refractivity contribution in [3.8, 4) is 23.6 Å². The minimum absolute atomic E-state index is 0.0695. The summed E-state index contributed by atoms with van der Waals surface area (Å²) in [4.78, 5) is 0. The van der Waals surface area contributed by atoms with Gasteiger partial charge in [-0.1, -0.05) is 24.3 Å². The van der Waals surface area contributed by atoms with Crippen LogP contribution in [0.5, 0.6) is 11.5 Å². The third kappa shape index (κ3) is 4.88. The van der Waals surface area contributed by atoms with Crippen molar-refractivity contribution in [1.82, 2.24) is 0 Å². The topological polar surface area (TPSA) is 66.0 Å². The molecule has 0 saturated carbocycles. The Morgan fingerprint density at radius 2 is 1.04 bits per heavy atom. The summed E-state index contributed by atoms with van der Waals surface area (Å²) >= 11 is 0. The van der Waals surface area contributed by atoms with E-state index < -0.39 is 0 Å². The van der Waals surface area contributed by atoms with E-state index in [9.17, 15) is 10.5 Å². The number of allylic oxidation sites excluding steroid dienone is 1. The van der Waals surface area contributed by atoms with Crippen LogP contribution < -0.4 is 9.47 Å². The molecule has 0 radical (unpaired) electrons. The van der Waals surface area contributed by atoms with Gasteiger partial charge in [-0.3, -0.25) is 0 Å². The molecule has 132 valence electrons. The molecule has 2 aromatic carbocycles. The predicted octanol–water partition coefficient (Wildman–Crippen LogP) is 5.11. The number of nitrogens with zero attached hydrogens (tertiary/aromatic N) is 2. The van der Waals surface area contributed by atoms with Gasteiger partial charge in [0.25, 0.3) is 0 Å². The van der Waals surface area contributed by atoms with E-state index in [1.807, 2.05) is 88.4 Å². The van der Waals surface area contributed by atoms with Gasteiger partial charge >= 0.3 is 0 Å². The molecule has 0 N–H and O–H groups in total. The van der Waals surface area contributed by atoms with E-state index in [2.05, 4.69) is 0 Å². The lowest BCUT2D eigenvalue weighted by molar-refractivity contribution is 0.242. The Kier molecular flexibility index (Phi) is 6.42. The third-order valence-electron chi connectivity index (χ3n) is 3.50. The molecule has 0 heterocycles. The van der Waals surface area contributed by atoms with Crippen LogP contribution in [-0.2, 0) is 0 Å². The molecule has 0 aliphatic carbocycles. The number of benzene rings is 2. The van der Waals surface area contributed by atoms with Crippen molar-refractivity contribution >= 4 is 5.57 Å². The highest BCUT2D eigenvalue weighted by atomic mass is 16.5. The van der Waals surface area contributed by atoms with E-state index in [1.54, 1.807) is 0 Å². The Morgan fingerprint density at radius 3 is 1.31 bits per heavy atom. The third-order valence-corrected chi connectivity index (χ3v) is 3.50. The van der Waals surface area contributed by atoms with Crippen molar-refractivity contribution in [2.75, 3.05) is 0 Å². The summed E-state index contributed by atoms with van der Waals surface area (Å²) in [6, 6.07) is 18.8. The van der Waals surface area contributed by atoms with Crippen LogP contribution in [0, 0.1) is 22.7 Å². The lowest BCUT2D eigenvalue weighted by atomic mass is 9.93. The highest BCUT2D eigenvalue weighted by Crippen LogP contribution is 2.30. The van der Waals surface area contributed by atoms with Crippen molar-refractivity contribution in [1.29, 1.82) is 10.5 Å². The van der Waals surface area contributed by atoms with Crippen LogP contribution in [0.4, 0.5) is 0 Å². The van der Waals surface area contributed by atoms with E-state index in [-0.39, 0.29) is 17.8 Å². The second kappa shape index (κ2) is 8.74. The van der Waals surface area contributed by atoms with Gasteiger partial charge in [0.2, 0.25) is 0 Å². The van der Waals surface area contributed by atoms with Gasteiger partial charge in [0.15, 0.2) is 0 Å². The first-order valence-corrected chi connectivity index (χ1v) is 8.53. The maximum absolute atomic E-state index is 9.39. The molecule has 26 heavy (non-hydrogen) atoms. The zero-order chi connectivity index (χ0) is 19.1. The van der Waals surface area contributed by atoms with Crippen LogP contribution >= 0.6 is 0 Å². The summed E-state index contributed by atoms with van der Waals surface area (Å²) in [6.07, 6.45) is 0.163. The van der Waals surface area contributed by atoms with E-state index in [1.165, 1.54) is 0 Å². The van der Waals surface area contributed by atoms with Crippen molar-refractivity contribution in [3.63, 3.8) is 0 Å². The molecule has 0 fully saturated rings. The molecule has 4 heteroatoms. The Labute approximate surface area is 154 Å². The average molecular weight is 346 g/mol. The number of ether oxygens (including phenoxy) is 2. The van der Waals surface area contributed by atoms with E-state index >= 15 is 0 Å². The molecule has 0 unspecified atom stereocenters. The minimum Gasteiger partial charge on any atom is -0.491 e. The summed E-state index contributed by atoms with van der Waals surface area (Å²) in [5, 5.41) is 18.8. The summed E-state index contributed by atoms with van der Waals surface area (Å²) < 4.78 is 11.3. The lowest BCUT2D eigenvalue weighted by Crippen LogP contribution is -2.05. The first kappa shape index (κ1) is 19.1. The summed E-state index contributed by atoms with van der Waals surface area (Å²) in [6.45, 7) is 7.85. The Hall–Kier alpha value is -3.24. The minimum atomic E-state index is 0.0695. The fourth-order valence-electron chi connectivity index (χ4n) is 2.54. The molecule has 2 aromatic rings. The molecular weight excluding hydrogens is 324 g/mol. The van der Waals surface area contributed by atoms with Crippen molar-refractivity contribution in [2.45, 2.75) is 39.9 Å². The van der Waals surface area contributed by atoms with Crippen LogP contribution in [0.3, 0.4) is 0 Å². The molecule has 0 bridgehead atoms. The fraction of sp³-hybridized carbons (Fsp3) is 0.273. The molecule has 0 saturated heterocycles. The highest BCUT2D eigenvalue weighted by molar-refractivity contribution is 5.86. The second-order valence-electron chi connectivity index (χ2n) is 6.36. The zero-order valence-electron chi connectivity index (χ0n) is 15.5. The van der Waals surface area contributed by atoms with Gasteiger partial charge in [0.1, 0.15) is 29.2 Å². The second-order valence-corrected chi connectivity index (χ2v) is 6.36. The normalized spacial score (nSPS) is 10.2. The number of rotatable bonds is 6. The summed E-state index contributed by atoms with van der Waals surface area (Å²) in [5.74, 6) is 1.50. The molecule has 0 amide bonds. The van der Waals surface area contributed by atoms with Gasteiger partial charge in [-0.15, -0.1) is 0 Å². The number of hydrogen-bond donors (Lipinski definition) is 0. The fourth-order valence-corrected chi connectivity index (χ4v) is 2.54. The van der Waals surface area contributed by atoms with Crippen LogP contribution in [0.2, 0.25) is 0 Å². The van der Waals surface area contributed by atoms with Crippen LogP contribution in [0.15, 0.2) is 54.1 Å². The SMILES string of the molecule is CC(C)Oc1ccc(C(=C(C#N)C#N)c2ccc(OC(C)C)cc2)cc1. The molecule has 0 aromatic heterocycles. The largest absolute Gasteiger partial charge is 0.491 e. The number of nitriles is 2. The quantitative estimate of drug-likeness (QED) is 0.682. The molecule has 0 aliphatic rings. The van der Waals surface area contributed by atoms with Gasteiger partial charge in [-0.25, -0.2) is 0 Å². The molecule has 0 spiro atoms. The summed E-state index contributed by atoms with van der Waals surface area (Å²) in [7, 11) is 0. The van der Waals surface area contributed by atoms with Crippen molar-refractivity contribution < 1.29 is 9.47 Å².